The largest absolute Gasteiger partial charge is 0.497 e. The molecule has 160 valence electrons. The Hall–Kier alpha value is -3.22. The van der Waals surface area contributed by atoms with Crippen LogP contribution in [0.3, 0.4) is 0 Å². The lowest BCUT2D eigenvalue weighted by atomic mass is 10.1. The molecule has 0 spiro atoms. The molecule has 1 saturated heterocycles. The summed E-state index contributed by atoms with van der Waals surface area (Å²) in [7, 11) is 6.88. The minimum atomic E-state index is -0.316. The average Bonchev–Trinajstić information content (AvgIpc) is 2.78. The summed E-state index contributed by atoms with van der Waals surface area (Å²) < 4.78 is 10.5. The van der Waals surface area contributed by atoms with E-state index < -0.39 is 0 Å². The molecule has 2 aromatic carbocycles. The van der Waals surface area contributed by atoms with E-state index in [-0.39, 0.29) is 11.8 Å². The van der Waals surface area contributed by atoms with Crippen LogP contribution >= 0.6 is 0 Å². The number of piperidine rings is 1. The van der Waals surface area contributed by atoms with E-state index in [0.717, 1.165) is 38.0 Å². The molecule has 1 aliphatic rings. The maximum atomic E-state index is 13.2. The Kier molecular flexibility index (Phi) is 6.82. The van der Waals surface area contributed by atoms with Gasteiger partial charge in [0.1, 0.15) is 11.5 Å². The number of benzene rings is 2. The van der Waals surface area contributed by atoms with E-state index in [1.165, 1.54) is 7.11 Å². The normalized spacial score (nSPS) is 13.5. The molecule has 1 N–H and O–H groups in total. The number of ether oxygens (including phenoxy) is 2. The predicted molar refractivity (Wildman–Crippen MR) is 118 cm³/mol. The second-order valence-electron chi connectivity index (χ2n) is 7.50. The van der Waals surface area contributed by atoms with Crippen molar-refractivity contribution in [2.75, 3.05) is 51.6 Å². The van der Waals surface area contributed by atoms with E-state index in [9.17, 15) is 9.59 Å². The fourth-order valence-electron chi connectivity index (χ4n) is 3.63. The first-order valence-electron chi connectivity index (χ1n) is 10.1. The number of rotatable bonds is 6. The zero-order chi connectivity index (χ0) is 21.7. The highest BCUT2D eigenvalue weighted by atomic mass is 16.5. The van der Waals surface area contributed by atoms with Gasteiger partial charge >= 0.3 is 0 Å². The maximum Gasteiger partial charge on any atom is 0.259 e. The molecule has 3 rings (SSSR count). The zero-order valence-corrected chi connectivity index (χ0v) is 18.0. The van der Waals surface area contributed by atoms with Gasteiger partial charge < -0.3 is 24.6 Å². The third-order valence-electron chi connectivity index (χ3n) is 5.26. The van der Waals surface area contributed by atoms with Gasteiger partial charge in [-0.1, -0.05) is 0 Å². The van der Waals surface area contributed by atoms with Gasteiger partial charge in [-0.05, 0) is 49.6 Å². The van der Waals surface area contributed by atoms with Gasteiger partial charge in [-0.15, -0.1) is 0 Å². The Morgan fingerprint density at radius 2 is 1.67 bits per heavy atom. The molecule has 1 fully saturated rings. The summed E-state index contributed by atoms with van der Waals surface area (Å²) in [5.74, 6) is 0.703. The van der Waals surface area contributed by atoms with Crippen LogP contribution in [0.2, 0.25) is 0 Å². The minimum Gasteiger partial charge on any atom is -0.497 e. The number of nitrogens with zero attached hydrogens (tertiary/aromatic N) is 2. The highest BCUT2D eigenvalue weighted by Crippen LogP contribution is 2.28. The van der Waals surface area contributed by atoms with E-state index in [1.807, 2.05) is 30.0 Å². The standard InChI is InChI=1S/C23H29N3O4/c1-25(2)20-11-8-16(14-19(20)23(28)26-12-6-5-7-13-26)24-22(27)18-10-9-17(29-3)15-21(18)30-4/h8-11,14-15H,5-7,12-13H2,1-4H3,(H,24,27). The van der Waals surface area contributed by atoms with Crippen molar-refractivity contribution in [3.05, 3.63) is 47.5 Å². The lowest BCUT2D eigenvalue weighted by Gasteiger charge is -2.28. The van der Waals surface area contributed by atoms with Crippen LogP contribution in [0.25, 0.3) is 0 Å². The van der Waals surface area contributed by atoms with E-state index >= 15 is 0 Å². The summed E-state index contributed by atoms with van der Waals surface area (Å²) in [4.78, 5) is 29.8. The van der Waals surface area contributed by atoms with Gasteiger partial charge in [-0.3, -0.25) is 9.59 Å². The van der Waals surface area contributed by atoms with Gasteiger partial charge in [-0.25, -0.2) is 0 Å². The van der Waals surface area contributed by atoms with Gasteiger partial charge in [0.15, 0.2) is 0 Å². The molecule has 0 atom stereocenters. The Balaban J connectivity index is 1.88. The fourth-order valence-corrected chi connectivity index (χ4v) is 3.63. The number of carbonyl (C=O) groups is 2. The molecule has 0 saturated carbocycles. The molecule has 2 aromatic rings. The SMILES string of the molecule is COc1ccc(C(=O)Nc2ccc(N(C)C)c(C(=O)N3CCCCC3)c2)c(OC)c1. The van der Waals surface area contributed by atoms with Crippen molar-refractivity contribution in [1.29, 1.82) is 0 Å². The molecule has 0 bridgehead atoms. The van der Waals surface area contributed by atoms with Crippen molar-refractivity contribution in [3.63, 3.8) is 0 Å². The monoisotopic (exact) mass is 411 g/mol. The van der Waals surface area contributed by atoms with Crippen LogP contribution in [0.5, 0.6) is 11.5 Å². The summed E-state index contributed by atoms with van der Waals surface area (Å²) >= 11 is 0. The Labute approximate surface area is 177 Å². The summed E-state index contributed by atoms with van der Waals surface area (Å²) in [6.07, 6.45) is 3.21. The van der Waals surface area contributed by atoms with Crippen molar-refractivity contribution in [3.8, 4) is 11.5 Å². The summed E-state index contributed by atoms with van der Waals surface area (Å²) in [5, 5.41) is 2.89. The van der Waals surface area contributed by atoms with Crippen LogP contribution in [0.4, 0.5) is 11.4 Å². The Bertz CT molecular complexity index is 921. The van der Waals surface area contributed by atoms with E-state index in [1.54, 1.807) is 37.4 Å². The summed E-state index contributed by atoms with van der Waals surface area (Å²) in [6.45, 7) is 1.54. The molecule has 2 amide bonds. The number of hydrogen-bond donors (Lipinski definition) is 1. The van der Waals surface area contributed by atoms with Crippen LogP contribution < -0.4 is 19.7 Å². The highest BCUT2D eigenvalue weighted by Gasteiger charge is 2.22. The highest BCUT2D eigenvalue weighted by molar-refractivity contribution is 6.08. The lowest BCUT2D eigenvalue weighted by molar-refractivity contribution is 0.0724. The van der Waals surface area contributed by atoms with Crippen LogP contribution in [-0.4, -0.2) is 58.1 Å². The molecule has 30 heavy (non-hydrogen) atoms. The molecule has 1 aliphatic heterocycles. The van der Waals surface area contributed by atoms with E-state index in [2.05, 4.69) is 5.32 Å². The molecule has 7 nitrogen and oxygen atoms in total. The Morgan fingerprint density at radius 1 is 0.933 bits per heavy atom. The van der Waals surface area contributed by atoms with Crippen LogP contribution in [0.15, 0.2) is 36.4 Å². The lowest BCUT2D eigenvalue weighted by Crippen LogP contribution is -2.36. The number of carbonyl (C=O) groups excluding carboxylic acids is 2. The van der Waals surface area contributed by atoms with Crippen molar-refractivity contribution >= 4 is 23.2 Å². The first-order valence-corrected chi connectivity index (χ1v) is 10.1. The van der Waals surface area contributed by atoms with Gasteiger partial charge in [0.05, 0.1) is 25.3 Å². The predicted octanol–water partition coefficient (Wildman–Crippen LogP) is 3.65. The number of amides is 2. The quantitative estimate of drug-likeness (QED) is 0.786. The van der Waals surface area contributed by atoms with Crippen molar-refractivity contribution in [2.24, 2.45) is 0 Å². The molecule has 0 radical (unpaired) electrons. The molecule has 0 aliphatic carbocycles. The van der Waals surface area contributed by atoms with Gasteiger partial charge in [-0.2, -0.15) is 0 Å². The van der Waals surface area contributed by atoms with Gasteiger partial charge in [0, 0.05) is 44.6 Å². The molecule has 1 heterocycles. The summed E-state index contributed by atoms with van der Waals surface area (Å²) in [6, 6.07) is 10.4. The van der Waals surface area contributed by atoms with Crippen molar-refractivity contribution in [2.45, 2.75) is 19.3 Å². The molecule has 7 heteroatoms. The van der Waals surface area contributed by atoms with Crippen LogP contribution in [0, 0.1) is 0 Å². The molecular formula is C23H29N3O4. The van der Waals surface area contributed by atoms with Gasteiger partial charge in [0.25, 0.3) is 11.8 Å². The maximum absolute atomic E-state index is 13.2. The summed E-state index contributed by atoms with van der Waals surface area (Å²) in [5.41, 5.74) is 2.36. The van der Waals surface area contributed by atoms with Crippen LogP contribution in [0.1, 0.15) is 40.0 Å². The van der Waals surface area contributed by atoms with Crippen molar-refractivity contribution in [1.82, 2.24) is 4.90 Å². The second kappa shape index (κ2) is 9.52. The minimum absolute atomic E-state index is 0.00322. The number of nitrogens with one attached hydrogen (secondary N) is 1. The molecule has 0 unspecified atom stereocenters. The average molecular weight is 412 g/mol. The molecule has 0 aromatic heterocycles. The fraction of sp³-hybridized carbons (Fsp3) is 0.391. The van der Waals surface area contributed by atoms with E-state index in [0.29, 0.717) is 28.3 Å². The number of likely N-dealkylation sites (tertiary alicyclic amines) is 1. The zero-order valence-electron chi connectivity index (χ0n) is 18.0. The van der Waals surface area contributed by atoms with Gasteiger partial charge in [0.2, 0.25) is 0 Å². The van der Waals surface area contributed by atoms with Crippen molar-refractivity contribution < 1.29 is 19.1 Å². The number of methoxy groups -OCH3 is 2. The number of anilines is 2. The van der Waals surface area contributed by atoms with Crippen LogP contribution in [-0.2, 0) is 0 Å². The third kappa shape index (κ3) is 4.67. The van der Waals surface area contributed by atoms with E-state index in [4.69, 9.17) is 9.47 Å². The topological polar surface area (TPSA) is 71.1 Å². The second-order valence-corrected chi connectivity index (χ2v) is 7.50. The molecular weight excluding hydrogens is 382 g/mol. The number of hydrogen-bond acceptors (Lipinski definition) is 5. The smallest absolute Gasteiger partial charge is 0.259 e. The first-order chi connectivity index (χ1) is 14.4. The first kappa shape index (κ1) is 21.5. The third-order valence-corrected chi connectivity index (χ3v) is 5.26. The Morgan fingerprint density at radius 3 is 2.30 bits per heavy atom.